The highest BCUT2D eigenvalue weighted by atomic mass is 16.6. The van der Waals surface area contributed by atoms with Gasteiger partial charge in [0.2, 0.25) is 0 Å². The van der Waals surface area contributed by atoms with Crippen LogP contribution >= 0.6 is 0 Å². The molecule has 0 amide bonds. The molecule has 1 fully saturated rings. The molecule has 0 bridgehead atoms. The first kappa shape index (κ1) is 47.2. The van der Waals surface area contributed by atoms with Crippen LogP contribution in [0.4, 0.5) is 0 Å². The number of carbonyl (C=O) groups is 3. The second-order valence-electron chi connectivity index (χ2n) is 16.1. The Bertz CT molecular complexity index is 1650. The summed E-state index contributed by atoms with van der Waals surface area (Å²) >= 11 is 0. The second kappa shape index (κ2) is 23.9. The Morgan fingerprint density at radius 1 is 0.719 bits per heavy atom. The topological polar surface area (TPSA) is 129 Å². The lowest BCUT2D eigenvalue weighted by atomic mass is 9.76. The molecule has 57 heavy (non-hydrogen) atoms. The summed E-state index contributed by atoms with van der Waals surface area (Å²) in [4.78, 5) is 37.1. The molecule has 0 spiro atoms. The predicted octanol–water partition coefficient (Wildman–Crippen LogP) is 9.34. The predicted molar refractivity (Wildman–Crippen MR) is 226 cm³/mol. The van der Waals surface area contributed by atoms with Crippen molar-refractivity contribution in [3.8, 4) is 16.9 Å². The van der Waals surface area contributed by atoms with Crippen molar-refractivity contribution in [2.45, 2.75) is 124 Å². The number of unbranched alkanes of at least 4 members (excludes halogenated alkanes) is 2. The minimum absolute atomic E-state index is 0.0279. The molecule has 0 aromatic heterocycles. The van der Waals surface area contributed by atoms with Gasteiger partial charge in [-0.05, 0) is 136 Å². The Balaban J connectivity index is 2.04. The lowest BCUT2D eigenvalue weighted by molar-refractivity contribution is -0.153. The molecular formula is C48H68O9. The molecule has 9 nitrogen and oxygen atoms in total. The number of benzene rings is 2. The van der Waals surface area contributed by atoms with Crippen LogP contribution in [0, 0.1) is 11.3 Å². The summed E-state index contributed by atoms with van der Waals surface area (Å²) in [5.41, 5.74) is 5.89. The van der Waals surface area contributed by atoms with E-state index in [9.17, 15) is 24.6 Å². The number of hydrogen-bond donors (Lipinski definition) is 2. The van der Waals surface area contributed by atoms with Gasteiger partial charge in [0.05, 0.1) is 18.6 Å². The van der Waals surface area contributed by atoms with Gasteiger partial charge in [0.25, 0.3) is 0 Å². The van der Waals surface area contributed by atoms with Crippen LogP contribution < -0.4 is 4.74 Å². The highest BCUT2D eigenvalue weighted by Crippen LogP contribution is 2.41. The fraction of sp³-hybridized carbons (Fsp3) is 0.562. The number of hydrogen-bond acceptors (Lipinski definition) is 9. The van der Waals surface area contributed by atoms with Crippen LogP contribution in [-0.4, -0.2) is 67.8 Å². The van der Waals surface area contributed by atoms with Crippen LogP contribution in [0.5, 0.6) is 5.75 Å². The van der Waals surface area contributed by atoms with E-state index >= 15 is 0 Å². The standard InChI is InChI=1S/C48H68O9/c1-9-11-12-15-36-18-20-38(21-19-36)39-22-23-43(37(10-2)26-39)42-27-40(16-13-24-49)44(41(28-42)17-14-25-54-45(51)33(3)4)55-30-48(29-50,31-56-46(52)34(5)6)32-57-47(53)35(7)8/h22-23,26-28,36,38,49-50H,3,5,7,9-21,24-25,29-32H2,1-2,4,6,8H3. The van der Waals surface area contributed by atoms with E-state index in [0.29, 0.717) is 42.9 Å². The number of aliphatic hydroxyl groups excluding tert-OH is 2. The van der Waals surface area contributed by atoms with Gasteiger partial charge in [-0.25, -0.2) is 14.4 Å². The summed E-state index contributed by atoms with van der Waals surface area (Å²) in [7, 11) is 0. The fourth-order valence-corrected chi connectivity index (χ4v) is 7.37. The number of ether oxygens (including phenoxy) is 4. The van der Waals surface area contributed by atoms with Gasteiger partial charge in [-0.1, -0.05) is 77.5 Å². The van der Waals surface area contributed by atoms with Crippen LogP contribution in [0.1, 0.15) is 127 Å². The third-order valence-corrected chi connectivity index (χ3v) is 10.9. The van der Waals surface area contributed by atoms with Crippen LogP contribution in [0.3, 0.4) is 0 Å². The molecule has 9 heteroatoms. The zero-order chi connectivity index (χ0) is 42.0. The van der Waals surface area contributed by atoms with Crippen molar-refractivity contribution in [3.05, 3.63) is 89.0 Å². The van der Waals surface area contributed by atoms with E-state index < -0.39 is 29.9 Å². The summed E-state index contributed by atoms with van der Waals surface area (Å²) in [5.74, 6) is 0.215. The smallest absolute Gasteiger partial charge is 0.333 e. The zero-order valence-electron chi connectivity index (χ0n) is 35.3. The fourth-order valence-electron chi connectivity index (χ4n) is 7.37. The molecule has 0 radical (unpaired) electrons. The summed E-state index contributed by atoms with van der Waals surface area (Å²) < 4.78 is 23.0. The van der Waals surface area contributed by atoms with Gasteiger partial charge in [-0.2, -0.15) is 0 Å². The molecule has 2 aromatic carbocycles. The molecule has 1 saturated carbocycles. The molecule has 1 aliphatic rings. The highest BCUT2D eigenvalue weighted by molar-refractivity contribution is 5.87. The quantitative estimate of drug-likeness (QED) is 0.0438. The van der Waals surface area contributed by atoms with Gasteiger partial charge in [-0.3, -0.25) is 0 Å². The van der Waals surface area contributed by atoms with E-state index in [1.165, 1.54) is 76.3 Å². The van der Waals surface area contributed by atoms with E-state index in [-0.39, 0.29) is 44.2 Å². The molecule has 3 rings (SSSR count). The van der Waals surface area contributed by atoms with Gasteiger partial charge in [-0.15, -0.1) is 0 Å². The van der Waals surface area contributed by atoms with Crippen molar-refractivity contribution < 1.29 is 43.5 Å². The SMILES string of the molecule is C=C(C)C(=O)OCCCc1cc(-c2ccc(C3CCC(CCCCC)CC3)cc2CC)cc(CCCO)c1OCC(CO)(COC(=O)C(=C)C)COC(=O)C(=C)C. The van der Waals surface area contributed by atoms with Crippen molar-refractivity contribution in [3.63, 3.8) is 0 Å². The maximum atomic E-state index is 12.5. The number of esters is 3. The highest BCUT2D eigenvalue weighted by Gasteiger charge is 2.36. The monoisotopic (exact) mass is 788 g/mol. The number of aliphatic hydroxyl groups is 2. The van der Waals surface area contributed by atoms with Crippen molar-refractivity contribution in [1.29, 1.82) is 0 Å². The van der Waals surface area contributed by atoms with Crippen molar-refractivity contribution in [1.82, 2.24) is 0 Å². The van der Waals surface area contributed by atoms with E-state index in [0.717, 1.165) is 34.6 Å². The third-order valence-electron chi connectivity index (χ3n) is 10.9. The first-order valence-corrected chi connectivity index (χ1v) is 20.9. The molecule has 0 saturated heterocycles. The molecule has 314 valence electrons. The summed E-state index contributed by atoms with van der Waals surface area (Å²) in [5, 5.41) is 20.7. The lowest BCUT2D eigenvalue weighted by Gasteiger charge is -2.32. The maximum Gasteiger partial charge on any atom is 0.333 e. The summed E-state index contributed by atoms with van der Waals surface area (Å²) in [6.07, 6.45) is 13.1. The average Bonchev–Trinajstić information content (AvgIpc) is 3.21. The molecule has 1 aliphatic carbocycles. The minimum atomic E-state index is -1.32. The van der Waals surface area contributed by atoms with Gasteiger partial charge < -0.3 is 29.2 Å². The second-order valence-corrected chi connectivity index (χ2v) is 16.1. The average molecular weight is 789 g/mol. The number of carbonyl (C=O) groups excluding carboxylic acids is 3. The van der Waals surface area contributed by atoms with Gasteiger partial charge >= 0.3 is 17.9 Å². The van der Waals surface area contributed by atoms with Crippen LogP contribution in [0.15, 0.2) is 66.8 Å². The van der Waals surface area contributed by atoms with E-state index in [2.05, 4.69) is 63.9 Å². The van der Waals surface area contributed by atoms with Gasteiger partial charge in [0.15, 0.2) is 0 Å². The zero-order valence-corrected chi connectivity index (χ0v) is 35.3. The van der Waals surface area contributed by atoms with Crippen LogP contribution in [0.2, 0.25) is 0 Å². The number of aryl methyl sites for hydroxylation is 3. The Morgan fingerprint density at radius 2 is 1.30 bits per heavy atom. The van der Waals surface area contributed by atoms with Crippen molar-refractivity contribution in [2.75, 3.05) is 39.6 Å². The largest absolute Gasteiger partial charge is 0.492 e. The Morgan fingerprint density at radius 3 is 1.82 bits per heavy atom. The minimum Gasteiger partial charge on any atom is -0.492 e. The normalized spacial score (nSPS) is 15.4. The van der Waals surface area contributed by atoms with E-state index in [4.69, 9.17) is 18.9 Å². The number of rotatable bonds is 25. The Kier molecular flexibility index (Phi) is 19.8. The van der Waals surface area contributed by atoms with Gasteiger partial charge in [0, 0.05) is 23.3 Å². The van der Waals surface area contributed by atoms with Crippen molar-refractivity contribution in [2.24, 2.45) is 11.3 Å². The van der Waals surface area contributed by atoms with Crippen LogP contribution in [0.25, 0.3) is 11.1 Å². The summed E-state index contributed by atoms with van der Waals surface area (Å²) in [6.45, 7) is 18.9. The van der Waals surface area contributed by atoms with E-state index in [1.54, 1.807) is 6.92 Å². The molecule has 2 N–H and O–H groups in total. The Labute approximate surface area is 341 Å². The molecular weight excluding hydrogens is 721 g/mol. The van der Waals surface area contributed by atoms with E-state index in [1.807, 2.05) is 0 Å². The van der Waals surface area contributed by atoms with Crippen molar-refractivity contribution >= 4 is 17.9 Å². The summed E-state index contributed by atoms with van der Waals surface area (Å²) in [6, 6.07) is 11.1. The van der Waals surface area contributed by atoms with Crippen LogP contribution in [-0.2, 0) is 47.9 Å². The van der Waals surface area contributed by atoms with Gasteiger partial charge in [0.1, 0.15) is 25.6 Å². The Hall–Kier alpha value is -4.21. The third kappa shape index (κ3) is 14.6. The molecule has 2 aromatic rings. The molecule has 0 atom stereocenters. The first-order valence-electron chi connectivity index (χ1n) is 20.9. The molecule has 0 heterocycles. The first-order chi connectivity index (χ1) is 27.3. The lowest BCUT2D eigenvalue weighted by Crippen LogP contribution is -2.43. The maximum absolute atomic E-state index is 12.5. The molecule has 0 aliphatic heterocycles. The molecule has 0 unspecified atom stereocenters.